The third-order valence-electron chi connectivity index (χ3n) is 5.17. The molecule has 0 aromatic heterocycles. The highest BCUT2D eigenvalue weighted by atomic mass is 32.2. The third-order valence-corrected chi connectivity index (χ3v) is 9.14. The minimum absolute atomic E-state index is 0.00244. The first-order valence-corrected chi connectivity index (χ1v) is 11.8. The van der Waals surface area contributed by atoms with Crippen molar-refractivity contribution in [2.24, 2.45) is 5.92 Å². The molecule has 0 amide bonds. The van der Waals surface area contributed by atoms with Crippen LogP contribution < -0.4 is 0 Å². The molecule has 1 aliphatic carbocycles. The van der Waals surface area contributed by atoms with Crippen LogP contribution in [0.25, 0.3) is 0 Å². The number of sulfonamides is 1. The molecule has 3 rings (SSSR count). The van der Waals surface area contributed by atoms with E-state index in [0.29, 0.717) is 11.1 Å². The molecule has 1 heterocycles. The van der Waals surface area contributed by atoms with Crippen LogP contribution in [0.2, 0.25) is 0 Å². The first kappa shape index (κ1) is 18.8. The second-order valence-corrected chi connectivity index (χ2v) is 11.3. The summed E-state index contributed by atoms with van der Waals surface area (Å²) in [6.45, 7) is 4.91. The Labute approximate surface area is 149 Å². The van der Waals surface area contributed by atoms with E-state index in [1.165, 1.54) is 17.3 Å². The molecule has 0 radical (unpaired) electrons. The Bertz CT molecular complexity index is 905. The maximum Gasteiger partial charge on any atom is 0.243 e. The Balaban J connectivity index is 2.11. The lowest BCUT2D eigenvalue weighted by atomic mass is 10.1. The lowest BCUT2D eigenvalue weighted by Gasteiger charge is -2.30. The Kier molecular flexibility index (Phi) is 4.75. The van der Waals surface area contributed by atoms with Crippen LogP contribution in [0.5, 0.6) is 0 Å². The molecule has 2 aliphatic rings. The van der Waals surface area contributed by atoms with Crippen molar-refractivity contribution in [3.05, 3.63) is 28.6 Å². The molecule has 25 heavy (non-hydrogen) atoms. The van der Waals surface area contributed by atoms with E-state index in [1.807, 2.05) is 0 Å². The quantitative estimate of drug-likeness (QED) is 0.796. The fourth-order valence-electron chi connectivity index (χ4n) is 3.84. The molecule has 1 saturated heterocycles. The highest BCUT2D eigenvalue weighted by Crippen LogP contribution is 2.40. The van der Waals surface area contributed by atoms with E-state index in [0.717, 1.165) is 12.8 Å². The van der Waals surface area contributed by atoms with E-state index in [4.69, 9.17) is 0 Å². The maximum atomic E-state index is 14.4. The summed E-state index contributed by atoms with van der Waals surface area (Å²) in [5.41, 5.74) is 1.02. The zero-order chi connectivity index (χ0) is 18.6. The summed E-state index contributed by atoms with van der Waals surface area (Å²) in [6, 6.07) is 0.997. The molecule has 8 heteroatoms. The SMILES string of the molecule is Cc1cc(C)c(S(=O)(=O)N2CCCS(=O)(=O)CC2C2CC2)c(C)c1F. The predicted octanol–water partition coefficient (Wildman–Crippen LogP) is 2.34. The van der Waals surface area contributed by atoms with Gasteiger partial charge in [0.15, 0.2) is 9.84 Å². The average Bonchev–Trinajstić information content (AvgIpc) is 3.31. The summed E-state index contributed by atoms with van der Waals surface area (Å²) in [5, 5.41) is 0. The predicted molar refractivity (Wildman–Crippen MR) is 94.3 cm³/mol. The van der Waals surface area contributed by atoms with Crippen LogP contribution in [0, 0.1) is 32.5 Å². The van der Waals surface area contributed by atoms with Crippen LogP contribution in [0.3, 0.4) is 0 Å². The Morgan fingerprint density at radius 1 is 1.16 bits per heavy atom. The summed E-state index contributed by atoms with van der Waals surface area (Å²) in [5.74, 6) is -0.570. The summed E-state index contributed by atoms with van der Waals surface area (Å²) in [4.78, 5) is -0.0134. The number of hydrogen-bond donors (Lipinski definition) is 0. The van der Waals surface area contributed by atoms with Crippen LogP contribution in [0.4, 0.5) is 4.39 Å². The van der Waals surface area contributed by atoms with Gasteiger partial charge in [0.2, 0.25) is 10.0 Å². The molecule has 1 aromatic rings. The van der Waals surface area contributed by atoms with Gasteiger partial charge >= 0.3 is 0 Å². The van der Waals surface area contributed by atoms with Gasteiger partial charge in [-0.25, -0.2) is 21.2 Å². The number of halogens is 1. The lowest BCUT2D eigenvalue weighted by molar-refractivity contribution is 0.317. The normalized spacial score (nSPS) is 24.9. The Morgan fingerprint density at radius 3 is 2.40 bits per heavy atom. The lowest BCUT2D eigenvalue weighted by Crippen LogP contribution is -2.44. The summed E-state index contributed by atoms with van der Waals surface area (Å²) in [7, 11) is -7.23. The number of rotatable bonds is 3. The Morgan fingerprint density at radius 2 is 1.80 bits per heavy atom. The van der Waals surface area contributed by atoms with Crippen LogP contribution in [-0.4, -0.2) is 45.2 Å². The van der Waals surface area contributed by atoms with Crippen LogP contribution in [0.15, 0.2) is 11.0 Å². The zero-order valence-corrected chi connectivity index (χ0v) is 16.4. The number of hydrogen-bond acceptors (Lipinski definition) is 4. The topological polar surface area (TPSA) is 71.5 Å². The van der Waals surface area contributed by atoms with Crippen LogP contribution >= 0.6 is 0 Å². The van der Waals surface area contributed by atoms with Crippen molar-refractivity contribution in [2.75, 3.05) is 18.1 Å². The molecule has 0 N–H and O–H groups in total. The molecule has 0 bridgehead atoms. The zero-order valence-electron chi connectivity index (χ0n) is 14.7. The van der Waals surface area contributed by atoms with Crippen molar-refractivity contribution in [3.8, 4) is 0 Å². The monoisotopic (exact) mass is 389 g/mol. The van der Waals surface area contributed by atoms with Gasteiger partial charge in [-0.05, 0) is 57.1 Å². The fourth-order valence-corrected chi connectivity index (χ4v) is 7.79. The first-order chi connectivity index (χ1) is 11.5. The van der Waals surface area contributed by atoms with Gasteiger partial charge in [0.05, 0.1) is 16.4 Å². The smallest absolute Gasteiger partial charge is 0.229 e. The molecule has 1 aromatic carbocycles. The van der Waals surface area contributed by atoms with E-state index >= 15 is 0 Å². The number of benzene rings is 1. The van der Waals surface area contributed by atoms with E-state index < -0.39 is 31.7 Å². The molecule has 0 spiro atoms. The van der Waals surface area contributed by atoms with Crippen molar-refractivity contribution < 1.29 is 21.2 Å². The molecule has 2 fully saturated rings. The number of aryl methyl sites for hydroxylation is 2. The van der Waals surface area contributed by atoms with Gasteiger partial charge in [0, 0.05) is 18.2 Å². The van der Waals surface area contributed by atoms with Gasteiger partial charge in [-0.3, -0.25) is 0 Å². The highest BCUT2D eigenvalue weighted by Gasteiger charge is 2.45. The summed E-state index contributed by atoms with van der Waals surface area (Å²) in [6.07, 6.45) is 1.95. The molecular formula is C17H24FNO4S2. The van der Waals surface area contributed by atoms with Gasteiger partial charge in [-0.2, -0.15) is 4.31 Å². The third kappa shape index (κ3) is 3.48. The largest absolute Gasteiger partial charge is 0.243 e. The fraction of sp³-hybridized carbons (Fsp3) is 0.647. The second-order valence-electron chi connectivity index (χ2n) is 7.27. The van der Waals surface area contributed by atoms with Crippen molar-refractivity contribution in [1.29, 1.82) is 0 Å². The molecule has 1 aliphatic heterocycles. The molecule has 1 unspecified atom stereocenters. The minimum atomic E-state index is -3.96. The summed E-state index contributed by atoms with van der Waals surface area (Å²) >= 11 is 0. The van der Waals surface area contributed by atoms with Gasteiger partial charge in [-0.1, -0.05) is 6.07 Å². The Hall–Kier alpha value is -0.990. The summed E-state index contributed by atoms with van der Waals surface area (Å²) < 4.78 is 66.8. The molecule has 1 atom stereocenters. The number of sulfone groups is 1. The van der Waals surface area contributed by atoms with Gasteiger partial charge < -0.3 is 0 Å². The van der Waals surface area contributed by atoms with E-state index in [-0.39, 0.29) is 40.8 Å². The molecule has 1 saturated carbocycles. The first-order valence-electron chi connectivity index (χ1n) is 8.53. The number of nitrogens with zero attached hydrogens (tertiary/aromatic N) is 1. The van der Waals surface area contributed by atoms with E-state index in [2.05, 4.69) is 0 Å². The standard InChI is InChI=1S/C17H24FNO4S2/c1-11-9-12(2)17(13(3)16(11)18)25(22,23)19-7-4-8-24(20,21)10-15(19)14-5-6-14/h9,14-15H,4-8,10H2,1-3H3. The van der Waals surface area contributed by atoms with Gasteiger partial charge in [0.25, 0.3) is 0 Å². The second kappa shape index (κ2) is 6.32. The van der Waals surface area contributed by atoms with Crippen molar-refractivity contribution >= 4 is 19.9 Å². The van der Waals surface area contributed by atoms with Gasteiger partial charge in [0.1, 0.15) is 5.82 Å². The highest BCUT2D eigenvalue weighted by molar-refractivity contribution is 7.91. The van der Waals surface area contributed by atoms with Crippen molar-refractivity contribution in [3.63, 3.8) is 0 Å². The molecule has 140 valence electrons. The minimum Gasteiger partial charge on any atom is -0.229 e. The van der Waals surface area contributed by atoms with E-state index in [9.17, 15) is 21.2 Å². The molecule has 5 nitrogen and oxygen atoms in total. The van der Waals surface area contributed by atoms with Crippen molar-refractivity contribution in [2.45, 2.75) is 51.0 Å². The average molecular weight is 390 g/mol. The van der Waals surface area contributed by atoms with E-state index in [1.54, 1.807) is 13.8 Å². The van der Waals surface area contributed by atoms with Crippen LogP contribution in [0.1, 0.15) is 36.0 Å². The van der Waals surface area contributed by atoms with Gasteiger partial charge in [-0.15, -0.1) is 0 Å². The maximum absolute atomic E-state index is 14.4. The van der Waals surface area contributed by atoms with Crippen LogP contribution in [-0.2, 0) is 19.9 Å². The molecular weight excluding hydrogens is 365 g/mol. The van der Waals surface area contributed by atoms with Crippen molar-refractivity contribution in [1.82, 2.24) is 4.31 Å².